The first kappa shape index (κ1) is 16.4. The number of aromatic nitrogens is 2. The van der Waals surface area contributed by atoms with Crippen LogP contribution in [0.4, 0.5) is 0 Å². The molecule has 0 aromatic carbocycles. The summed E-state index contributed by atoms with van der Waals surface area (Å²) in [6, 6.07) is 0. The van der Waals surface area contributed by atoms with Gasteiger partial charge in [0.1, 0.15) is 0 Å². The third-order valence-electron chi connectivity index (χ3n) is 3.70. The average Bonchev–Trinajstić information content (AvgIpc) is 2.87. The van der Waals surface area contributed by atoms with Crippen LogP contribution in [0.3, 0.4) is 0 Å². The van der Waals surface area contributed by atoms with Crippen molar-refractivity contribution in [1.29, 1.82) is 0 Å². The van der Waals surface area contributed by atoms with Crippen molar-refractivity contribution >= 4 is 10.2 Å². The van der Waals surface area contributed by atoms with Crippen LogP contribution >= 0.6 is 0 Å². The molecule has 7 nitrogen and oxygen atoms in total. The highest BCUT2D eigenvalue weighted by atomic mass is 32.2. The van der Waals surface area contributed by atoms with Crippen molar-refractivity contribution < 1.29 is 13.2 Å². The maximum Gasteiger partial charge on any atom is 0.281 e. The summed E-state index contributed by atoms with van der Waals surface area (Å²) in [5.74, 6) is 0.0312. The Kier molecular flexibility index (Phi) is 5.03. The summed E-state index contributed by atoms with van der Waals surface area (Å²) in [6.07, 6.45) is 2.01. The van der Waals surface area contributed by atoms with E-state index in [0.717, 1.165) is 17.8 Å². The maximum absolute atomic E-state index is 12.4. The lowest BCUT2D eigenvalue weighted by Crippen LogP contribution is -2.44. The fraction of sp³-hybridized carbons (Fsp3) is 0.769. The van der Waals surface area contributed by atoms with E-state index in [9.17, 15) is 8.42 Å². The molecule has 1 aliphatic rings. The van der Waals surface area contributed by atoms with Crippen LogP contribution in [0.1, 0.15) is 31.0 Å². The number of fused-ring (bicyclic) bond motifs is 1. The quantitative estimate of drug-likeness (QED) is 0.772. The van der Waals surface area contributed by atoms with E-state index in [0.29, 0.717) is 26.3 Å². The van der Waals surface area contributed by atoms with Crippen molar-refractivity contribution in [1.82, 2.24) is 18.4 Å². The molecule has 2 heterocycles. The first-order valence-electron chi connectivity index (χ1n) is 7.21. The van der Waals surface area contributed by atoms with E-state index < -0.39 is 10.2 Å². The van der Waals surface area contributed by atoms with Crippen LogP contribution in [0.25, 0.3) is 0 Å². The summed E-state index contributed by atoms with van der Waals surface area (Å²) in [4.78, 5) is 0. The molecule has 120 valence electrons. The topological polar surface area (TPSA) is 67.7 Å². The Morgan fingerprint density at radius 1 is 1.43 bits per heavy atom. The summed E-state index contributed by atoms with van der Waals surface area (Å²) in [5, 5.41) is 4.49. The van der Waals surface area contributed by atoms with E-state index in [1.54, 1.807) is 14.1 Å². The SMILES string of the molecule is CCOC[C@@H]1CN(S(=O)(=O)N(C)C)Cc2nn(CC)cc21. The molecule has 2 rings (SSSR count). The van der Waals surface area contributed by atoms with Crippen LogP contribution in [0.15, 0.2) is 6.20 Å². The number of aryl methyl sites for hydroxylation is 1. The predicted molar refractivity (Wildman–Crippen MR) is 80.2 cm³/mol. The Balaban J connectivity index is 2.32. The third-order valence-corrected chi connectivity index (χ3v) is 5.55. The Labute approximate surface area is 126 Å². The molecule has 1 aliphatic heterocycles. The van der Waals surface area contributed by atoms with E-state index in [1.807, 2.05) is 24.7 Å². The molecule has 0 amide bonds. The van der Waals surface area contributed by atoms with E-state index in [4.69, 9.17) is 4.74 Å². The molecule has 0 saturated heterocycles. The minimum atomic E-state index is -3.44. The summed E-state index contributed by atoms with van der Waals surface area (Å²) in [6.45, 7) is 6.62. The molecule has 0 N–H and O–H groups in total. The van der Waals surface area contributed by atoms with Crippen LogP contribution in [-0.2, 0) is 28.0 Å². The van der Waals surface area contributed by atoms with Crippen molar-refractivity contribution in [2.24, 2.45) is 0 Å². The minimum Gasteiger partial charge on any atom is -0.381 e. The van der Waals surface area contributed by atoms with Gasteiger partial charge in [-0.3, -0.25) is 4.68 Å². The van der Waals surface area contributed by atoms with Crippen molar-refractivity contribution in [3.63, 3.8) is 0 Å². The molecule has 0 fully saturated rings. The van der Waals surface area contributed by atoms with Crippen LogP contribution in [0, 0.1) is 0 Å². The Morgan fingerprint density at radius 3 is 2.71 bits per heavy atom. The smallest absolute Gasteiger partial charge is 0.281 e. The first-order chi connectivity index (χ1) is 9.90. The van der Waals surface area contributed by atoms with Crippen molar-refractivity contribution in [3.05, 3.63) is 17.5 Å². The highest BCUT2D eigenvalue weighted by Crippen LogP contribution is 2.30. The average molecular weight is 316 g/mol. The van der Waals surface area contributed by atoms with E-state index >= 15 is 0 Å². The minimum absolute atomic E-state index is 0.0312. The zero-order chi connectivity index (χ0) is 15.6. The molecule has 0 saturated carbocycles. The fourth-order valence-electron chi connectivity index (χ4n) is 2.49. The van der Waals surface area contributed by atoms with Crippen molar-refractivity contribution in [3.8, 4) is 0 Å². The molecule has 0 radical (unpaired) electrons. The highest BCUT2D eigenvalue weighted by molar-refractivity contribution is 7.86. The molecule has 8 heteroatoms. The van der Waals surface area contributed by atoms with Gasteiger partial charge in [0.25, 0.3) is 10.2 Å². The Hall–Kier alpha value is -0.960. The molecule has 0 aliphatic carbocycles. The van der Waals surface area contributed by atoms with Crippen molar-refractivity contribution in [2.75, 3.05) is 33.9 Å². The van der Waals surface area contributed by atoms with Gasteiger partial charge in [-0.1, -0.05) is 0 Å². The van der Waals surface area contributed by atoms with Gasteiger partial charge >= 0.3 is 0 Å². The van der Waals surface area contributed by atoms with Crippen LogP contribution in [0.2, 0.25) is 0 Å². The second kappa shape index (κ2) is 6.43. The monoisotopic (exact) mass is 316 g/mol. The number of rotatable bonds is 6. The Morgan fingerprint density at radius 2 is 2.14 bits per heavy atom. The van der Waals surface area contributed by atoms with Crippen LogP contribution < -0.4 is 0 Å². The molecule has 0 unspecified atom stereocenters. The highest BCUT2D eigenvalue weighted by Gasteiger charge is 2.35. The fourth-order valence-corrected chi connectivity index (χ4v) is 3.60. The van der Waals surface area contributed by atoms with Gasteiger partial charge in [-0.2, -0.15) is 22.1 Å². The summed E-state index contributed by atoms with van der Waals surface area (Å²) >= 11 is 0. The first-order valence-corrected chi connectivity index (χ1v) is 8.61. The number of hydrogen-bond acceptors (Lipinski definition) is 4. The second-order valence-electron chi connectivity index (χ2n) is 5.33. The largest absolute Gasteiger partial charge is 0.381 e. The molecular formula is C13H24N4O3S. The summed E-state index contributed by atoms with van der Waals surface area (Å²) < 4.78 is 34.8. The van der Waals surface area contributed by atoms with Gasteiger partial charge in [-0.05, 0) is 13.8 Å². The lowest BCUT2D eigenvalue weighted by molar-refractivity contribution is 0.120. The second-order valence-corrected chi connectivity index (χ2v) is 7.47. The van der Waals surface area contributed by atoms with Gasteiger partial charge in [0.2, 0.25) is 0 Å². The zero-order valence-corrected chi connectivity index (χ0v) is 13.9. The number of nitrogens with zero attached hydrogens (tertiary/aromatic N) is 4. The van der Waals surface area contributed by atoms with Gasteiger partial charge in [0, 0.05) is 51.5 Å². The molecular weight excluding hydrogens is 292 g/mol. The van der Waals surface area contributed by atoms with E-state index in [1.165, 1.54) is 8.61 Å². The zero-order valence-electron chi connectivity index (χ0n) is 13.1. The van der Waals surface area contributed by atoms with Gasteiger partial charge in [0.15, 0.2) is 0 Å². The normalized spacial score (nSPS) is 20.0. The summed E-state index contributed by atoms with van der Waals surface area (Å²) in [7, 11) is -0.339. The molecule has 0 bridgehead atoms. The number of hydrogen-bond donors (Lipinski definition) is 0. The van der Waals surface area contributed by atoms with E-state index in [-0.39, 0.29) is 5.92 Å². The maximum atomic E-state index is 12.4. The van der Waals surface area contributed by atoms with E-state index in [2.05, 4.69) is 5.10 Å². The lowest BCUT2D eigenvalue weighted by atomic mass is 9.97. The standard InChI is InChI=1S/C13H24N4O3S/c1-5-16-8-12-11(10-20-6-2)7-17(9-13(12)14-16)21(18,19)15(3)4/h8,11H,5-7,9-10H2,1-4H3/t11-/m0/s1. The van der Waals surface area contributed by atoms with Crippen LogP contribution in [0.5, 0.6) is 0 Å². The van der Waals surface area contributed by atoms with Gasteiger partial charge in [-0.25, -0.2) is 0 Å². The lowest BCUT2D eigenvalue weighted by Gasteiger charge is -2.32. The molecule has 1 aromatic heterocycles. The van der Waals surface area contributed by atoms with Crippen LogP contribution in [-0.4, -0.2) is 60.7 Å². The molecule has 1 aromatic rings. The third kappa shape index (κ3) is 3.28. The van der Waals surface area contributed by atoms with Gasteiger partial charge in [-0.15, -0.1) is 0 Å². The van der Waals surface area contributed by atoms with Crippen molar-refractivity contribution in [2.45, 2.75) is 32.9 Å². The van der Waals surface area contributed by atoms with Gasteiger partial charge in [0.05, 0.1) is 18.8 Å². The van der Waals surface area contributed by atoms with Gasteiger partial charge < -0.3 is 4.74 Å². The Bertz CT molecular complexity index is 582. The molecule has 21 heavy (non-hydrogen) atoms. The predicted octanol–water partition coefficient (Wildman–Crippen LogP) is 0.645. The number of ether oxygens (including phenoxy) is 1. The molecule has 1 atom stereocenters. The summed E-state index contributed by atoms with van der Waals surface area (Å²) in [5.41, 5.74) is 1.94. The molecule has 0 spiro atoms.